The fourth-order valence-corrected chi connectivity index (χ4v) is 11.5. The van der Waals surface area contributed by atoms with Gasteiger partial charge in [0.15, 0.2) is 0 Å². The molecule has 0 amide bonds. The van der Waals surface area contributed by atoms with Crippen LogP contribution in [0.15, 0.2) is 0 Å². The molecule has 0 aromatic carbocycles. The van der Waals surface area contributed by atoms with Crippen molar-refractivity contribution in [3.8, 4) is 0 Å². The van der Waals surface area contributed by atoms with E-state index in [-0.39, 0.29) is 0 Å². The molecule has 6 nitrogen and oxygen atoms in total. The largest absolute Gasteiger partial charge is 0.500 e. The quantitative estimate of drug-likeness (QED) is 0.0492. The third-order valence-corrected chi connectivity index (χ3v) is 13.5. The molecule has 0 aliphatic carbocycles. The molecule has 0 atom stereocenters. The fourth-order valence-electron chi connectivity index (χ4n) is 3.35. The van der Waals surface area contributed by atoms with Crippen molar-refractivity contribution in [2.45, 2.75) is 118 Å². The smallest absolute Gasteiger partial charge is 0.373 e. The summed E-state index contributed by atoms with van der Waals surface area (Å²) in [6, 6.07) is 1.86. The lowest BCUT2D eigenvalue weighted by Crippen LogP contribution is -2.46. The third-order valence-electron chi connectivity index (χ3n) is 5.16. The highest BCUT2D eigenvalue weighted by molar-refractivity contribution is 8.76. The molecule has 0 spiro atoms. The van der Waals surface area contributed by atoms with E-state index in [0.717, 1.165) is 115 Å². The van der Waals surface area contributed by atoms with Gasteiger partial charge in [-0.1, -0.05) is 63.1 Å². The van der Waals surface area contributed by atoms with Crippen LogP contribution >= 0.6 is 21.6 Å². The molecule has 0 heterocycles. The zero-order valence-electron chi connectivity index (χ0n) is 24.4. The topological polar surface area (TPSA) is 55.4 Å². The average molecular weight is 587 g/mol. The molecule has 0 aliphatic heterocycles. The van der Waals surface area contributed by atoms with Crippen molar-refractivity contribution in [1.29, 1.82) is 0 Å². The Labute approximate surface area is 234 Å². The first-order valence-corrected chi connectivity index (χ1v) is 21.0. The van der Waals surface area contributed by atoms with E-state index in [2.05, 4.69) is 41.5 Å². The summed E-state index contributed by atoms with van der Waals surface area (Å²) < 4.78 is 37.3. The Morgan fingerprint density at radius 1 is 0.389 bits per heavy atom. The van der Waals surface area contributed by atoms with E-state index in [4.69, 9.17) is 26.6 Å². The summed E-state index contributed by atoms with van der Waals surface area (Å²) in [4.78, 5) is 0. The minimum absolute atomic E-state index is 0.727. The Morgan fingerprint density at radius 2 is 0.639 bits per heavy atom. The first-order valence-electron chi connectivity index (χ1n) is 14.7. The maximum absolute atomic E-state index is 6.21. The fraction of sp³-hybridized carbons (Fsp3) is 1.00. The second-order valence-corrected chi connectivity index (χ2v) is 17.2. The van der Waals surface area contributed by atoms with Gasteiger partial charge in [0.1, 0.15) is 0 Å². The van der Waals surface area contributed by atoms with Gasteiger partial charge in [-0.05, 0) is 64.2 Å². The van der Waals surface area contributed by atoms with Gasteiger partial charge >= 0.3 is 17.6 Å². The molecule has 0 radical (unpaired) electrons. The predicted octanol–water partition coefficient (Wildman–Crippen LogP) is 8.37. The molecule has 0 saturated heterocycles. The number of hydrogen-bond donors (Lipinski definition) is 0. The van der Waals surface area contributed by atoms with Gasteiger partial charge in [0, 0.05) is 63.2 Å². The molecule has 0 saturated carbocycles. The Bertz CT molecular complexity index is 383. The van der Waals surface area contributed by atoms with Crippen LogP contribution in [0.3, 0.4) is 0 Å². The van der Waals surface area contributed by atoms with E-state index in [1.54, 1.807) is 0 Å². The van der Waals surface area contributed by atoms with Crippen LogP contribution in [0.2, 0.25) is 12.1 Å². The van der Waals surface area contributed by atoms with Gasteiger partial charge in [-0.2, -0.15) is 0 Å². The molecule has 0 aliphatic rings. The molecule has 0 unspecified atom stereocenters. The van der Waals surface area contributed by atoms with Crippen LogP contribution in [0.25, 0.3) is 0 Å². The van der Waals surface area contributed by atoms with Crippen LogP contribution in [-0.2, 0) is 26.6 Å². The number of rotatable bonds is 29. The monoisotopic (exact) mass is 586 g/mol. The highest BCUT2D eigenvalue weighted by atomic mass is 33.1. The Hall–Kier alpha value is 0.894. The Balaban J connectivity index is 4.30. The SMILES string of the molecule is CCCO[Si](CCCCSSCCCC[Si](OCCC)(OCCC)OCCC)(OCCC)OCCC. The summed E-state index contributed by atoms with van der Waals surface area (Å²) >= 11 is 0. The van der Waals surface area contributed by atoms with E-state index in [9.17, 15) is 0 Å². The summed E-state index contributed by atoms with van der Waals surface area (Å²) in [5.74, 6) is 2.31. The zero-order valence-corrected chi connectivity index (χ0v) is 28.0. The van der Waals surface area contributed by atoms with Crippen LogP contribution in [-0.4, -0.2) is 68.8 Å². The summed E-state index contributed by atoms with van der Waals surface area (Å²) in [7, 11) is -1.11. The second-order valence-electron chi connectivity index (χ2n) is 9.01. The summed E-state index contributed by atoms with van der Waals surface area (Å²) in [6.07, 6.45) is 10.5. The zero-order chi connectivity index (χ0) is 26.8. The van der Waals surface area contributed by atoms with Gasteiger partial charge < -0.3 is 26.6 Å². The van der Waals surface area contributed by atoms with Crippen molar-refractivity contribution in [3.63, 3.8) is 0 Å². The van der Waals surface area contributed by atoms with Crippen LogP contribution in [0.5, 0.6) is 0 Å². The molecule has 0 aromatic rings. The molecule has 10 heteroatoms. The predicted molar refractivity (Wildman–Crippen MR) is 162 cm³/mol. The summed E-state index contributed by atoms with van der Waals surface area (Å²) in [5, 5.41) is 0. The van der Waals surface area contributed by atoms with E-state index in [0.29, 0.717) is 0 Å². The highest BCUT2D eigenvalue weighted by Crippen LogP contribution is 2.28. The van der Waals surface area contributed by atoms with Gasteiger partial charge in [-0.25, -0.2) is 0 Å². The van der Waals surface area contributed by atoms with Crippen molar-refractivity contribution in [2.75, 3.05) is 51.1 Å². The van der Waals surface area contributed by atoms with Gasteiger partial charge in [0.05, 0.1) is 0 Å². The highest BCUT2D eigenvalue weighted by Gasteiger charge is 2.41. The molecular weight excluding hydrogens is 529 g/mol. The summed E-state index contributed by atoms with van der Waals surface area (Å²) in [6.45, 7) is 17.2. The van der Waals surface area contributed by atoms with Crippen molar-refractivity contribution in [3.05, 3.63) is 0 Å². The van der Waals surface area contributed by atoms with Gasteiger partial charge in [0.2, 0.25) is 0 Å². The third kappa shape index (κ3) is 19.0. The van der Waals surface area contributed by atoms with Crippen molar-refractivity contribution >= 4 is 39.2 Å². The molecule has 0 bridgehead atoms. The van der Waals surface area contributed by atoms with E-state index in [1.165, 1.54) is 12.8 Å². The van der Waals surface area contributed by atoms with E-state index < -0.39 is 17.6 Å². The molecule has 0 N–H and O–H groups in total. The maximum Gasteiger partial charge on any atom is 0.500 e. The molecule has 218 valence electrons. The lowest BCUT2D eigenvalue weighted by molar-refractivity contribution is 0.0581. The number of hydrogen-bond acceptors (Lipinski definition) is 8. The van der Waals surface area contributed by atoms with Crippen LogP contribution in [0, 0.1) is 0 Å². The van der Waals surface area contributed by atoms with Crippen molar-refractivity contribution < 1.29 is 26.6 Å². The van der Waals surface area contributed by atoms with Crippen molar-refractivity contribution in [2.24, 2.45) is 0 Å². The van der Waals surface area contributed by atoms with Gasteiger partial charge in [-0.15, -0.1) is 0 Å². The minimum Gasteiger partial charge on any atom is -0.373 e. The first-order chi connectivity index (χ1) is 17.6. The maximum atomic E-state index is 6.21. The van der Waals surface area contributed by atoms with Crippen LogP contribution < -0.4 is 0 Å². The van der Waals surface area contributed by atoms with Gasteiger partial charge in [-0.3, -0.25) is 0 Å². The average Bonchev–Trinajstić information content (AvgIpc) is 2.90. The van der Waals surface area contributed by atoms with E-state index in [1.807, 2.05) is 21.6 Å². The summed E-state index contributed by atoms with van der Waals surface area (Å²) in [5.41, 5.74) is 0. The lowest BCUT2D eigenvalue weighted by Gasteiger charge is -2.29. The van der Waals surface area contributed by atoms with E-state index >= 15 is 0 Å². The Kier molecular flexibility index (Phi) is 26.8. The minimum atomic E-state index is -2.54. The van der Waals surface area contributed by atoms with Crippen molar-refractivity contribution in [1.82, 2.24) is 0 Å². The second kappa shape index (κ2) is 26.1. The standard InChI is InChI=1S/C26H58O6S2Si2/c1-7-17-27-35(28-18-8-2,29-19-9-3)25-15-13-23-33-34-24-14-16-26-36(30-20-10-4,31-21-11-5)32-22-12-6/h7-26H2,1-6H3. The van der Waals surface area contributed by atoms with Crippen LogP contribution in [0.1, 0.15) is 106 Å². The van der Waals surface area contributed by atoms with Gasteiger partial charge in [0.25, 0.3) is 0 Å². The molecule has 0 aromatic heterocycles. The first kappa shape index (κ1) is 36.9. The normalized spacial score (nSPS) is 12.5. The lowest BCUT2D eigenvalue weighted by atomic mass is 10.4. The Morgan fingerprint density at radius 3 is 0.861 bits per heavy atom. The number of unbranched alkanes of at least 4 members (excludes halogenated alkanes) is 2. The molecule has 0 fully saturated rings. The molecule has 0 rings (SSSR count). The molecular formula is C26H58O6S2Si2. The molecule has 36 heavy (non-hydrogen) atoms. The van der Waals surface area contributed by atoms with Crippen LogP contribution in [0.4, 0.5) is 0 Å².